The topological polar surface area (TPSA) is 88.1 Å². The van der Waals surface area contributed by atoms with Crippen LogP contribution in [0.4, 0.5) is 9.18 Å². The van der Waals surface area contributed by atoms with Gasteiger partial charge in [-0.3, -0.25) is 0 Å². The molecule has 0 fully saturated rings. The third-order valence-electron chi connectivity index (χ3n) is 6.20. The average molecular weight is 479 g/mol. The molecule has 2 amide bonds. The van der Waals surface area contributed by atoms with Crippen LogP contribution in [0.3, 0.4) is 0 Å². The zero-order chi connectivity index (χ0) is 24.9. The molecule has 3 aromatic rings. The molecule has 182 valence electrons. The standard InChI is InChI=1S/C27H27FN2O5/c1-34-23-15-19-12-13-30(27(33)29-22(26(31)32)14-17-6-4-3-5-7-17)25(21(19)16-24(23)35-2)18-8-10-20(28)11-9-18/h3-11,15-16,22,25H,12-14H2,1-2H3,(H,29,33)(H,31,32)/t22-,25+/m0/s1. The first kappa shape index (κ1) is 24.1. The Kier molecular flexibility index (Phi) is 7.19. The van der Waals surface area contributed by atoms with Crippen LogP contribution in [0.5, 0.6) is 11.5 Å². The van der Waals surface area contributed by atoms with Gasteiger partial charge in [0, 0.05) is 13.0 Å². The first-order valence-corrected chi connectivity index (χ1v) is 11.3. The summed E-state index contributed by atoms with van der Waals surface area (Å²) in [5.74, 6) is -0.421. The van der Waals surface area contributed by atoms with Crippen molar-refractivity contribution in [3.05, 3.63) is 94.8 Å². The van der Waals surface area contributed by atoms with Crippen LogP contribution in [0.15, 0.2) is 66.7 Å². The minimum absolute atomic E-state index is 0.151. The second kappa shape index (κ2) is 10.5. The molecule has 1 heterocycles. The van der Waals surface area contributed by atoms with E-state index in [0.29, 0.717) is 30.0 Å². The molecular formula is C27H27FN2O5. The number of fused-ring (bicyclic) bond motifs is 1. The van der Waals surface area contributed by atoms with Crippen LogP contribution in [-0.4, -0.2) is 48.8 Å². The van der Waals surface area contributed by atoms with Crippen molar-refractivity contribution in [3.8, 4) is 11.5 Å². The fourth-order valence-corrected chi connectivity index (χ4v) is 4.45. The lowest BCUT2D eigenvalue weighted by molar-refractivity contribution is -0.139. The Balaban J connectivity index is 1.69. The lowest BCUT2D eigenvalue weighted by atomic mass is 9.87. The number of carbonyl (C=O) groups excluding carboxylic acids is 1. The Morgan fingerprint density at radius 3 is 2.34 bits per heavy atom. The van der Waals surface area contributed by atoms with Crippen molar-refractivity contribution in [3.63, 3.8) is 0 Å². The number of benzene rings is 3. The fourth-order valence-electron chi connectivity index (χ4n) is 4.45. The van der Waals surface area contributed by atoms with E-state index < -0.39 is 24.1 Å². The molecule has 0 radical (unpaired) electrons. The summed E-state index contributed by atoms with van der Waals surface area (Å²) in [5.41, 5.74) is 3.28. The molecule has 2 N–H and O–H groups in total. The van der Waals surface area contributed by atoms with Gasteiger partial charge in [-0.2, -0.15) is 0 Å². The fraction of sp³-hybridized carbons (Fsp3) is 0.259. The van der Waals surface area contributed by atoms with Gasteiger partial charge in [-0.15, -0.1) is 0 Å². The van der Waals surface area contributed by atoms with Crippen molar-refractivity contribution in [2.24, 2.45) is 0 Å². The maximum Gasteiger partial charge on any atom is 0.326 e. The van der Waals surface area contributed by atoms with E-state index in [1.807, 2.05) is 42.5 Å². The Bertz CT molecular complexity index is 1200. The Hall–Kier alpha value is -4.07. The van der Waals surface area contributed by atoms with Gasteiger partial charge < -0.3 is 24.8 Å². The van der Waals surface area contributed by atoms with Crippen molar-refractivity contribution < 1.29 is 28.6 Å². The van der Waals surface area contributed by atoms with E-state index in [9.17, 15) is 19.1 Å². The number of hydrogen-bond donors (Lipinski definition) is 2. The minimum atomic E-state index is -1.12. The maximum absolute atomic E-state index is 13.7. The Labute approximate surface area is 203 Å². The highest BCUT2D eigenvalue weighted by molar-refractivity contribution is 5.83. The van der Waals surface area contributed by atoms with Crippen molar-refractivity contribution in [2.45, 2.75) is 24.9 Å². The van der Waals surface area contributed by atoms with Crippen molar-refractivity contribution in [1.29, 1.82) is 0 Å². The van der Waals surface area contributed by atoms with Crippen LogP contribution in [-0.2, 0) is 17.6 Å². The van der Waals surface area contributed by atoms with Crippen LogP contribution < -0.4 is 14.8 Å². The van der Waals surface area contributed by atoms with Crippen LogP contribution in [0.1, 0.15) is 28.3 Å². The van der Waals surface area contributed by atoms with E-state index in [1.165, 1.54) is 19.2 Å². The summed E-state index contributed by atoms with van der Waals surface area (Å²) in [6.07, 6.45) is 0.690. The van der Waals surface area contributed by atoms with E-state index in [1.54, 1.807) is 24.1 Å². The number of nitrogens with zero attached hydrogens (tertiary/aromatic N) is 1. The molecule has 1 aliphatic rings. The number of urea groups is 1. The summed E-state index contributed by atoms with van der Waals surface area (Å²) in [6.45, 7) is 0.341. The van der Waals surface area contributed by atoms with E-state index in [4.69, 9.17) is 9.47 Å². The highest BCUT2D eigenvalue weighted by Gasteiger charge is 2.35. The van der Waals surface area contributed by atoms with Gasteiger partial charge >= 0.3 is 12.0 Å². The van der Waals surface area contributed by atoms with E-state index >= 15 is 0 Å². The van der Waals surface area contributed by atoms with Gasteiger partial charge in [-0.05, 0) is 52.9 Å². The lowest BCUT2D eigenvalue weighted by Gasteiger charge is -2.38. The van der Waals surface area contributed by atoms with E-state index in [0.717, 1.165) is 16.7 Å². The summed E-state index contributed by atoms with van der Waals surface area (Å²) >= 11 is 0. The number of carboxylic acids is 1. The highest BCUT2D eigenvalue weighted by atomic mass is 19.1. The van der Waals surface area contributed by atoms with Crippen LogP contribution in [0.2, 0.25) is 0 Å². The monoisotopic (exact) mass is 478 g/mol. The van der Waals surface area contributed by atoms with Gasteiger partial charge in [-0.25, -0.2) is 14.0 Å². The first-order chi connectivity index (χ1) is 16.9. The Morgan fingerprint density at radius 2 is 1.71 bits per heavy atom. The summed E-state index contributed by atoms with van der Waals surface area (Å²) in [4.78, 5) is 27.0. The quantitative estimate of drug-likeness (QED) is 0.532. The zero-order valence-corrected chi connectivity index (χ0v) is 19.5. The molecule has 3 aromatic carbocycles. The number of methoxy groups -OCH3 is 2. The predicted octanol–water partition coefficient (Wildman–Crippen LogP) is 4.20. The summed E-state index contributed by atoms with van der Waals surface area (Å²) in [6, 6.07) is 16.6. The Morgan fingerprint density at radius 1 is 1.06 bits per heavy atom. The molecule has 0 spiro atoms. The molecule has 0 aliphatic carbocycles. The van der Waals surface area contributed by atoms with Gasteiger partial charge in [-0.1, -0.05) is 42.5 Å². The number of carbonyl (C=O) groups is 2. The lowest BCUT2D eigenvalue weighted by Crippen LogP contribution is -2.51. The highest BCUT2D eigenvalue weighted by Crippen LogP contribution is 2.41. The van der Waals surface area contributed by atoms with Gasteiger partial charge in [0.1, 0.15) is 11.9 Å². The van der Waals surface area contributed by atoms with Crippen LogP contribution in [0, 0.1) is 5.82 Å². The second-order valence-corrected chi connectivity index (χ2v) is 8.33. The minimum Gasteiger partial charge on any atom is -0.493 e. The molecule has 35 heavy (non-hydrogen) atoms. The number of amides is 2. The number of nitrogens with one attached hydrogen (secondary N) is 1. The van der Waals surface area contributed by atoms with E-state index in [2.05, 4.69) is 5.32 Å². The number of rotatable bonds is 7. The van der Waals surface area contributed by atoms with Crippen molar-refractivity contribution in [1.82, 2.24) is 10.2 Å². The average Bonchev–Trinajstić information content (AvgIpc) is 2.87. The summed E-state index contributed by atoms with van der Waals surface area (Å²) in [5, 5.41) is 12.5. The first-order valence-electron chi connectivity index (χ1n) is 11.3. The van der Waals surface area contributed by atoms with Crippen LogP contribution in [0.25, 0.3) is 0 Å². The molecule has 8 heteroatoms. The van der Waals surface area contributed by atoms with Crippen molar-refractivity contribution >= 4 is 12.0 Å². The number of carboxylic acid groups (broad SMARTS) is 1. The third kappa shape index (κ3) is 5.21. The predicted molar refractivity (Wildman–Crippen MR) is 128 cm³/mol. The number of hydrogen-bond acceptors (Lipinski definition) is 4. The smallest absolute Gasteiger partial charge is 0.326 e. The molecule has 0 unspecified atom stereocenters. The number of halogens is 1. The summed E-state index contributed by atoms with van der Waals surface area (Å²) in [7, 11) is 3.09. The summed E-state index contributed by atoms with van der Waals surface area (Å²) < 4.78 is 24.6. The molecule has 0 saturated carbocycles. The second-order valence-electron chi connectivity index (χ2n) is 8.33. The van der Waals surface area contributed by atoms with Gasteiger partial charge in [0.15, 0.2) is 11.5 Å². The molecule has 0 bridgehead atoms. The third-order valence-corrected chi connectivity index (χ3v) is 6.20. The van der Waals surface area contributed by atoms with Gasteiger partial charge in [0.05, 0.1) is 20.3 Å². The van der Waals surface area contributed by atoms with Gasteiger partial charge in [0.2, 0.25) is 0 Å². The SMILES string of the molecule is COc1cc2c(cc1OC)[C@@H](c1ccc(F)cc1)N(C(=O)N[C@@H](Cc1ccccc1)C(=O)O)CC2. The molecule has 4 rings (SSSR count). The molecule has 0 saturated heterocycles. The molecule has 1 aliphatic heterocycles. The van der Waals surface area contributed by atoms with Crippen LogP contribution >= 0.6 is 0 Å². The van der Waals surface area contributed by atoms with Crippen molar-refractivity contribution in [2.75, 3.05) is 20.8 Å². The largest absolute Gasteiger partial charge is 0.493 e. The molecule has 2 atom stereocenters. The normalized spacial score (nSPS) is 15.6. The maximum atomic E-state index is 13.7. The van der Waals surface area contributed by atoms with E-state index in [-0.39, 0.29) is 12.2 Å². The molecule has 0 aromatic heterocycles. The number of ether oxygens (including phenoxy) is 2. The van der Waals surface area contributed by atoms with Gasteiger partial charge in [0.25, 0.3) is 0 Å². The number of aliphatic carboxylic acids is 1. The molecule has 7 nitrogen and oxygen atoms in total. The molecular weight excluding hydrogens is 451 g/mol. The zero-order valence-electron chi connectivity index (χ0n) is 19.5.